The number of thiazole rings is 1. The summed E-state index contributed by atoms with van der Waals surface area (Å²) in [5.74, 6) is -1.67. The summed E-state index contributed by atoms with van der Waals surface area (Å²) in [4.78, 5) is 53.5. The standard InChI is InChI=1S/C40H42ClN7O7S2/c1-6-24-17-40(24,37(51)47-57(52,53)27-12-13-27)46-34(49)31-16-26(55-35-29-15-25(41)11-14-28(29)32(54-5)19-43-35)20-48(31)36(50)33(39(2,3)4)45-38-44-30(21-56-38)23-9-7-22(18-42)8-10-23/h6-11,14-15,19,21,24,26-27,31,33H,1,12-13,16-17,20H2,2-5H3,(H,44,45)(H,46,49)(H,47,51)/t24-,26-,31+,33-,40-/m1/s1. The van der Waals surface area contributed by atoms with Crippen LogP contribution in [0.25, 0.3) is 22.0 Å². The van der Waals surface area contributed by atoms with Gasteiger partial charge in [-0.05, 0) is 55.0 Å². The van der Waals surface area contributed by atoms with Gasteiger partial charge in [0.1, 0.15) is 29.5 Å². The highest BCUT2D eigenvalue weighted by Gasteiger charge is 2.62. The van der Waals surface area contributed by atoms with Gasteiger partial charge < -0.3 is 25.0 Å². The molecule has 3 N–H and O–H groups in total. The van der Waals surface area contributed by atoms with Gasteiger partial charge in [-0.25, -0.2) is 18.4 Å². The van der Waals surface area contributed by atoms with E-state index in [4.69, 9.17) is 26.1 Å². The number of sulfonamides is 1. The third-order valence-corrected chi connectivity index (χ3v) is 13.4. The van der Waals surface area contributed by atoms with Crippen molar-refractivity contribution in [2.75, 3.05) is 19.0 Å². The van der Waals surface area contributed by atoms with Gasteiger partial charge in [0.05, 0.1) is 42.4 Å². The summed E-state index contributed by atoms with van der Waals surface area (Å²) in [6.45, 7) is 9.46. The summed E-state index contributed by atoms with van der Waals surface area (Å²) in [6, 6.07) is 12.3. The van der Waals surface area contributed by atoms with E-state index in [0.29, 0.717) is 50.8 Å². The van der Waals surface area contributed by atoms with Crippen LogP contribution in [0.5, 0.6) is 11.6 Å². The second-order valence-corrected chi connectivity index (χ2v) is 18.9. The first-order valence-electron chi connectivity index (χ1n) is 18.4. The summed E-state index contributed by atoms with van der Waals surface area (Å²) < 4.78 is 39.7. The van der Waals surface area contributed by atoms with Crippen LogP contribution in [-0.4, -0.2) is 83.6 Å². The monoisotopic (exact) mass is 831 g/mol. The maximum atomic E-state index is 14.9. The van der Waals surface area contributed by atoms with Crippen molar-refractivity contribution >= 4 is 66.6 Å². The Morgan fingerprint density at radius 1 is 1.16 bits per heavy atom. The number of nitriles is 1. The Hall–Kier alpha value is -5.24. The highest BCUT2D eigenvalue weighted by molar-refractivity contribution is 7.91. The molecule has 2 saturated carbocycles. The van der Waals surface area contributed by atoms with E-state index in [1.54, 1.807) is 42.5 Å². The fourth-order valence-corrected chi connectivity index (χ4v) is 9.38. The van der Waals surface area contributed by atoms with Crippen molar-refractivity contribution in [2.45, 2.75) is 75.4 Å². The van der Waals surface area contributed by atoms with Crippen molar-refractivity contribution < 1.29 is 32.3 Å². The SMILES string of the molecule is C=C[C@@H]1C[C@]1(NC(=O)[C@@H]1C[C@@H](Oc2ncc(OC)c3ccc(Cl)cc23)CN1C(=O)[C@@H](Nc1nc(-c2ccc(C#N)cc2)cs1)C(C)(C)C)C(=O)NS(=O)(=O)C1CC1. The number of carbonyl (C=O) groups excluding carboxylic acids is 3. The number of anilines is 1. The number of nitrogens with zero attached hydrogens (tertiary/aromatic N) is 4. The van der Waals surface area contributed by atoms with Crippen LogP contribution < -0.4 is 24.8 Å². The fourth-order valence-electron chi connectivity index (χ4n) is 7.10. The number of carbonyl (C=O) groups is 3. The maximum Gasteiger partial charge on any atom is 0.259 e. The largest absolute Gasteiger partial charge is 0.494 e. The average molecular weight is 832 g/mol. The molecule has 298 valence electrons. The van der Waals surface area contributed by atoms with E-state index in [0.717, 1.165) is 5.56 Å². The van der Waals surface area contributed by atoms with Crippen LogP contribution in [0.2, 0.25) is 5.02 Å². The first-order valence-corrected chi connectivity index (χ1v) is 21.2. The van der Waals surface area contributed by atoms with Crippen LogP contribution in [0.1, 0.15) is 52.0 Å². The van der Waals surface area contributed by atoms with Crippen molar-refractivity contribution in [3.05, 3.63) is 77.3 Å². The second-order valence-electron chi connectivity index (χ2n) is 15.7. The zero-order chi connectivity index (χ0) is 40.9. The van der Waals surface area contributed by atoms with Gasteiger partial charge in [0, 0.05) is 39.1 Å². The number of rotatable bonds is 13. The Morgan fingerprint density at radius 2 is 1.89 bits per heavy atom. The average Bonchev–Trinajstić information content (AvgIpc) is 4.07. The molecule has 5 atom stereocenters. The molecule has 2 aromatic heterocycles. The summed E-state index contributed by atoms with van der Waals surface area (Å²) in [5.41, 5.74) is -0.260. The van der Waals surface area contributed by atoms with Crippen LogP contribution in [-0.2, 0) is 24.4 Å². The van der Waals surface area contributed by atoms with Crippen LogP contribution in [0.15, 0.2) is 66.7 Å². The van der Waals surface area contributed by atoms with Gasteiger partial charge in [0.2, 0.25) is 27.7 Å². The molecule has 0 bridgehead atoms. The van der Waals surface area contributed by atoms with Gasteiger partial charge in [-0.2, -0.15) is 5.26 Å². The molecular weight excluding hydrogens is 790 g/mol. The molecule has 14 nitrogen and oxygen atoms in total. The number of likely N-dealkylation sites (tertiary alicyclic amines) is 1. The van der Waals surface area contributed by atoms with E-state index in [9.17, 15) is 28.1 Å². The lowest BCUT2D eigenvalue weighted by atomic mass is 9.85. The first kappa shape index (κ1) is 40.0. The van der Waals surface area contributed by atoms with Gasteiger partial charge in [-0.15, -0.1) is 17.9 Å². The van der Waals surface area contributed by atoms with E-state index in [2.05, 4.69) is 33.0 Å². The molecule has 17 heteroatoms. The van der Waals surface area contributed by atoms with Crippen LogP contribution in [0.4, 0.5) is 5.13 Å². The Labute approximate surface area is 339 Å². The number of hydrogen-bond acceptors (Lipinski definition) is 12. The molecule has 3 aliphatic rings. The van der Waals surface area contributed by atoms with Crippen molar-refractivity contribution in [1.82, 2.24) is 24.9 Å². The zero-order valence-corrected chi connectivity index (χ0v) is 34.1. The third-order valence-electron chi connectivity index (χ3n) is 10.6. The number of halogens is 1. The summed E-state index contributed by atoms with van der Waals surface area (Å²) in [5, 5.41) is 18.7. The lowest BCUT2D eigenvalue weighted by molar-refractivity contribution is -0.141. The van der Waals surface area contributed by atoms with E-state index in [1.165, 1.54) is 35.6 Å². The molecule has 0 radical (unpaired) electrons. The lowest BCUT2D eigenvalue weighted by Crippen LogP contribution is -2.58. The minimum absolute atomic E-state index is 0.0184. The third kappa shape index (κ3) is 8.14. The first-order chi connectivity index (χ1) is 27.1. The van der Waals surface area contributed by atoms with Gasteiger partial charge >= 0.3 is 0 Å². The van der Waals surface area contributed by atoms with Crippen LogP contribution in [0, 0.1) is 22.7 Å². The number of fused-ring (bicyclic) bond motifs is 1. The number of nitrogens with one attached hydrogen (secondary N) is 3. The molecule has 1 saturated heterocycles. The predicted molar refractivity (Wildman–Crippen MR) is 216 cm³/mol. The van der Waals surface area contributed by atoms with Gasteiger partial charge in [0.15, 0.2) is 5.13 Å². The number of hydrogen-bond donors (Lipinski definition) is 3. The van der Waals surface area contributed by atoms with Crippen molar-refractivity contribution in [3.63, 3.8) is 0 Å². The summed E-state index contributed by atoms with van der Waals surface area (Å²) >= 11 is 7.68. The van der Waals surface area contributed by atoms with Crippen molar-refractivity contribution in [3.8, 4) is 29.0 Å². The predicted octanol–water partition coefficient (Wildman–Crippen LogP) is 5.44. The number of amides is 3. The molecule has 3 heterocycles. The lowest BCUT2D eigenvalue weighted by Gasteiger charge is -2.35. The van der Waals surface area contributed by atoms with Crippen molar-refractivity contribution in [2.24, 2.45) is 11.3 Å². The van der Waals surface area contributed by atoms with Gasteiger partial charge in [-0.3, -0.25) is 19.1 Å². The molecule has 3 amide bonds. The van der Waals surface area contributed by atoms with Gasteiger partial charge in [0.25, 0.3) is 5.91 Å². The highest BCUT2D eigenvalue weighted by atomic mass is 35.5. The minimum atomic E-state index is -3.91. The van der Waals surface area contributed by atoms with E-state index in [1.807, 2.05) is 26.2 Å². The fraction of sp³-hybridized carbons (Fsp3) is 0.400. The zero-order valence-electron chi connectivity index (χ0n) is 31.7. The molecule has 7 rings (SSSR count). The van der Waals surface area contributed by atoms with Crippen LogP contribution in [0.3, 0.4) is 0 Å². The molecule has 3 fully saturated rings. The van der Waals surface area contributed by atoms with E-state index >= 15 is 0 Å². The Balaban J connectivity index is 1.19. The maximum absolute atomic E-state index is 14.9. The molecular formula is C40H42ClN7O7S2. The topological polar surface area (TPSA) is 193 Å². The normalized spacial score (nSPS) is 22.2. The minimum Gasteiger partial charge on any atom is -0.494 e. The summed E-state index contributed by atoms with van der Waals surface area (Å²) in [7, 11) is -2.38. The van der Waals surface area contributed by atoms with Crippen molar-refractivity contribution in [1.29, 1.82) is 5.26 Å². The van der Waals surface area contributed by atoms with E-state index < -0.39 is 68.1 Å². The summed E-state index contributed by atoms with van der Waals surface area (Å²) in [6.07, 6.45) is 3.39. The second kappa shape index (κ2) is 15.3. The molecule has 1 aliphatic heterocycles. The van der Waals surface area contributed by atoms with E-state index in [-0.39, 0.29) is 25.3 Å². The molecule has 0 spiro atoms. The highest BCUT2D eigenvalue weighted by Crippen LogP contribution is 2.46. The number of aromatic nitrogens is 2. The number of benzene rings is 2. The Kier molecular flexibility index (Phi) is 10.7. The Bertz CT molecular complexity index is 2410. The quantitative estimate of drug-likeness (QED) is 0.146. The number of ether oxygens (including phenoxy) is 2. The molecule has 2 aliphatic carbocycles. The molecule has 4 aromatic rings. The Morgan fingerprint density at radius 3 is 2.53 bits per heavy atom. The number of pyridine rings is 1. The van der Waals surface area contributed by atoms with Crippen LogP contribution >= 0.6 is 22.9 Å². The molecule has 2 aromatic carbocycles. The molecule has 57 heavy (non-hydrogen) atoms. The number of methoxy groups -OCH3 is 1. The van der Waals surface area contributed by atoms with Gasteiger partial charge in [-0.1, -0.05) is 50.6 Å². The smallest absolute Gasteiger partial charge is 0.259 e. The molecule has 0 unspecified atom stereocenters.